The van der Waals surface area contributed by atoms with Crippen molar-refractivity contribution < 1.29 is 4.84 Å². The van der Waals surface area contributed by atoms with Crippen LogP contribution in [0.15, 0.2) is 24.3 Å². The molecule has 1 aromatic carbocycles. The average Bonchev–Trinajstić information content (AvgIpc) is 2.74. The van der Waals surface area contributed by atoms with E-state index in [1.54, 1.807) is 0 Å². The van der Waals surface area contributed by atoms with Gasteiger partial charge in [0.2, 0.25) is 0 Å². The minimum absolute atomic E-state index is 0.163. The predicted molar refractivity (Wildman–Crippen MR) is 78.0 cm³/mol. The van der Waals surface area contributed by atoms with Crippen molar-refractivity contribution in [2.24, 2.45) is 0 Å². The molecule has 0 saturated carbocycles. The van der Waals surface area contributed by atoms with Gasteiger partial charge < -0.3 is 4.98 Å². The summed E-state index contributed by atoms with van der Waals surface area (Å²) in [5.74, 6) is 0. The fraction of sp³-hybridized carbons (Fsp3) is 0.500. The Hall–Kier alpha value is -1.32. The first kappa shape index (κ1) is 12.7. The van der Waals surface area contributed by atoms with E-state index in [0.717, 1.165) is 12.8 Å². The Bertz CT molecular complexity index is 580. The summed E-state index contributed by atoms with van der Waals surface area (Å²) in [6.07, 6.45) is 3.49. The molecule has 0 bridgehead atoms. The van der Waals surface area contributed by atoms with Crippen molar-refractivity contribution in [1.29, 1.82) is 0 Å². The Balaban J connectivity index is 1.91. The maximum atomic E-state index is 5.75. The second-order valence-corrected chi connectivity index (χ2v) is 6.34. The molecule has 0 saturated heterocycles. The highest BCUT2D eigenvalue weighted by molar-refractivity contribution is 5.85. The molecule has 2 N–H and O–H groups in total. The highest BCUT2D eigenvalue weighted by atomic mass is 16.7. The zero-order valence-corrected chi connectivity index (χ0v) is 11.9. The molecule has 0 radical (unpaired) electrons. The van der Waals surface area contributed by atoms with Crippen LogP contribution in [0.1, 0.15) is 50.9 Å². The van der Waals surface area contributed by atoms with Crippen molar-refractivity contribution in [3.05, 3.63) is 35.5 Å². The van der Waals surface area contributed by atoms with Crippen molar-refractivity contribution >= 4 is 10.9 Å². The van der Waals surface area contributed by atoms with Gasteiger partial charge in [0.25, 0.3) is 0 Å². The highest BCUT2D eigenvalue weighted by Crippen LogP contribution is 2.34. The van der Waals surface area contributed by atoms with Gasteiger partial charge in [0.05, 0.1) is 11.6 Å². The Kier molecular flexibility index (Phi) is 3.11. The molecule has 1 aliphatic rings. The molecule has 0 fully saturated rings. The fourth-order valence-electron chi connectivity index (χ4n) is 2.78. The summed E-state index contributed by atoms with van der Waals surface area (Å²) < 4.78 is 0. The minimum atomic E-state index is -0.163. The van der Waals surface area contributed by atoms with Crippen molar-refractivity contribution in [3.63, 3.8) is 0 Å². The summed E-state index contributed by atoms with van der Waals surface area (Å²) in [6.45, 7) is 6.19. The molecule has 0 spiro atoms. The molecule has 1 unspecified atom stereocenters. The fourth-order valence-corrected chi connectivity index (χ4v) is 2.78. The number of aromatic nitrogens is 1. The van der Waals surface area contributed by atoms with Gasteiger partial charge in [-0.3, -0.25) is 4.84 Å². The van der Waals surface area contributed by atoms with Gasteiger partial charge >= 0.3 is 0 Å². The van der Waals surface area contributed by atoms with Crippen LogP contribution in [-0.4, -0.2) is 10.6 Å². The minimum Gasteiger partial charge on any atom is -0.357 e. The zero-order valence-electron chi connectivity index (χ0n) is 11.9. The molecule has 0 aliphatic heterocycles. The van der Waals surface area contributed by atoms with E-state index in [0.29, 0.717) is 0 Å². The number of aromatic amines is 1. The van der Waals surface area contributed by atoms with Crippen LogP contribution in [0, 0.1) is 0 Å². The molecule has 2 aromatic rings. The number of para-hydroxylation sites is 1. The van der Waals surface area contributed by atoms with E-state index >= 15 is 0 Å². The molecule has 3 rings (SSSR count). The molecule has 1 aromatic heterocycles. The first-order valence-corrected chi connectivity index (χ1v) is 7.07. The monoisotopic (exact) mass is 258 g/mol. The lowest BCUT2D eigenvalue weighted by molar-refractivity contribution is -0.0916. The van der Waals surface area contributed by atoms with Crippen LogP contribution >= 0.6 is 0 Å². The molecule has 1 aliphatic carbocycles. The van der Waals surface area contributed by atoms with E-state index in [1.807, 2.05) is 0 Å². The van der Waals surface area contributed by atoms with E-state index in [4.69, 9.17) is 4.84 Å². The van der Waals surface area contributed by atoms with Crippen LogP contribution in [0.2, 0.25) is 0 Å². The van der Waals surface area contributed by atoms with Crippen LogP contribution in [0.4, 0.5) is 0 Å². The number of fused-ring (bicyclic) bond motifs is 3. The maximum Gasteiger partial charge on any atom is 0.0813 e. The van der Waals surface area contributed by atoms with Crippen molar-refractivity contribution in [2.45, 2.75) is 51.7 Å². The van der Waals surface area contributed by atoms with E-state index in [9.17, 15) is 0 Å². The van der Waals surface area contributed by atoms with Crippen molar-refractivity contribution in [3.8, 4) is 0 Å². The Morgan fingerprint density at radius 3 is 2.84 bits per heavy atom. The first-order chi connectivity index (χ1) is 9.04. The number of hydroxylamine groups is 1. The third kappa shape index (κ3) is 2.53. The number of aryl methyl sites for hydroxylation is 1. The summed E-state index contributed by atoms with van der Waals surface area (Å²) in [4.78, 5) is 9.31. The van der Waals surface area contributed by atoms with Gasteiger partial charge in [0, 0.05) is 16.6 Å². The van der Waals surface area contributed by atoms with Crippen LogP contribution in [0.25, 0.3) is 10.9 Å². The number of rotatable bonds is 2. The Labute approximate surface area is 114 Å². The number of benzene rings is 1. The second kappa shape index (κ2) is 4.66. The molecule has 1 atom stereocenters. The normalized spacial score (nSPS) is 19.6. The maximum absolute atomic E-state index is 5.75. The Morgan fingerprint density at radius 2 is 2.05 bits per heavy atom. The van der Waals surface area contributed by atoms with E-state index in [-0.39, 0.29) is 11.6 Å². The van der Waals surface area contributed by atoms with Gasteiger partial charge in [-0.15, -0.1) is 0 Å². The molecule has 3 heteroatoms. The van der Waals surface area contributed by atoms with E-state index < -0.39 is 0 Å². The van der Waals surface area contributed by atoms with Crippen molar-refractivity contribution in [1.82, 2.24) is 10.5 Å². The molecule has 0 amide bonds. The molecule has 1 heterocycles. The standard InChI is InChI=1S/C16H22N2O/c1-16(2,3)19-18-14-10-6-8-12-11-7-4-5-9-13(11)17-15(12)14/h4-5,7,9,14,17-18H,6,8,10H2,1-3H3. The highest BCUT2D eigenvalue weighted by Gasteiger charge is 2.25. The lowest BCUT2D eigenvalue weighted by Crippen LogP contribution is -2.33. The summed E-state index contributed by atoms with van der Waals surface area (Å²) in [5.41, 5.74) is 7.08. The lowest BCUT2D eigenvalue weighted by Gasteiger charge is -2.28. The zero-order chi connectivity index (χ0) is 13.5. The van der Waals surface area contributed by atoms with Gasteiger partial charge in [-0.2, -0.15) is 5.48 Å². The molecular weight excluding hydrogens is 236 g/mol. The summed E-state index contributed by atoms with van der Waals surface area (Å²) in [5, 5.41) is 1.36. The van der Waals surface area contributed by atoms with Crippen LogP contribution < -0.4 is 5.48 Å². The van der Waals surface area contributed by atoms with Crippen molar-refractivity contribution in [2.75, 3.05) is 0 Å². The molecule has 3 nitrogen and oxygen atoms in total. The van der Waals surface area contributed by atoms with Gasteiger partial charge in [0.1, 0.15) is 0 Å². The Morgan fingerprint density at radius 1 is 1.26 bits per heavy atom. The largest absolute Gasteiger partial charge is 0.357 e. The van der Waals surface area contributed by atoms with E-state index in [2.05, 4.69) is 55.5 Å². The smallest absolute Gasteiger partial charge is 0.0813 e. The predicted octanol–water partition coefficient (Wildman–Crippen LogP) is 3.87. The quantitative estimate of drug-likeness (QED) is 0.802. The number of H-pyrrole nitrogens is 1. The van der Waals surface area contributed by atoms with Gasteiger partial charge in [-0.05, 0) is 51.7 Å². The number of hydrogen-bond donors (Lipinski definition) is 2. The topological polar surface area (TPSA) is 37.0 Å². The first-order valence-electron chi connectivity index (χ1n) is 7.07. The number of hydrogen-bond acceptors (Lipinski definition) is 2. The van der Waals surface area contributed by atoms with Crippen LogP contribution in [0.3, 0.4) is 0 Å². The van der Waals surface area contributed by atoms with Crippen LogP contribution in [0.5, 0.6) is 0 Å². The molecular formula is C16H22N2O. The average molecular weight is 258 g/mol. The third-order valence-electron chi connectivity index (χ3n) is 3.62. The lowest BCUT2D eigenvalue weighted by atomic mass is 9.92. The third-order valence-corrected chi connectivity index (χ3v) is 3.62. The molecule has 19 heavy (non-hydrogen) atoms. The van der Waals surface area contributed by atoms with Gasteiger partial charge in [-0.1, -0.05) is 18.2 Å². The number of nitrogens with one attached hydrogen (secondary N) is 2. The SMILES string of the molecule is CC(C)(C)ONC1CCCc2c1[nH]c1ccccc21. The van der Waals surface area contributed by atoms with Crippen LogP contribution in [-0.2, 0) is 11.3 Å². The summed E-state index contributed by atoms with van der Waals surface area (Å²) in [6, 6.07) is 8.82. The second-order valence-electron chi connectivity index (χ2n) is 6.34. The van der Waals surface area contributed by atoms with E-state index in [1.165, 1.54) is 28.6 Å². The summed E-state index contributed by atoms with van der Waals surface area (Å²) in [7, 11) is 0. The molecule has 102 valence electrons. The van der Waals surface area contributed by atoms with Gasteiger partial charge in [0.15, 0.2) is 0 Å². The van der Waals surface area contributed by atoms with Gasteiger partial charge in [-0.25, -0.2) is 0 Å². The summed E-state index contributed by atoms with van der Waals surface area (Å²) >= 11 is 0.